The quantitative estimate of drug-likeness (QED) is 0.0596. The maximum absolute atomic E-state index is 13.4. The fourth-order valence-corrected chi connectivity index (χ4v) is 6.58. The molecule has 5 rings (SSSR count). The molecule has 4 aromatic rings. The number of pyridine rings is 1. The Morgan fingerprint density at radius 2 is 1.53 bits per heavy atom. The van der Waals surface area contributed by atoms with Crippen molar-refractivity contribution in [3.05, 3.63) is 77.4 Å². The van der Waals surface area contributed by atoms with Crippen LogP contribution in [0.1, 0.15) is 65.0 Å². The molecule has 0 saturated carbocycles. The average Bonchev–Trinajstić information content (AvgIpc) is 3.49. The van der Waals surface area contributed by atoms with Crippen molar-refractivity contribution in [3.63, 3.8) is 0 Å². The number of aliphatic hydroxyl groups is 1. The largest absolute Gasteiger partial charge is 0.384 e. The van der Waals surface area contributed by atoms with Gasteiger partial charge in [-0.1, -0.05) is 25.5 Å². The first kappa shape index (κ1) is 44.6. The van der Waals surface area contributed by atoms with E-state index in [9.17, 15) is 14.7 Å². The molecule has 58 heavy (non-hydrogen) atoms. The normalized spacial score (nSPS) is 13.7. The predicted octanol–water partition coefficient (Wildman–Crippen LogP) is 5.25. The molecule has 1 aromatic carbocycles. The van der Waals surface area contributed by atoms with Crippen LogP contribution in [0.5, 0.6) is 0 Å². The van der Waals surface area contributed by atoms with Gasteiger partial charge in [-0.25, -0.2) is 19.3 Å². The summed E-state index contributed by atoms with van der Waals surface area (Å²) in [6, 6.07) is 13.5. The van der Waals surface area contributed by atoms with Gasteiger partial charge in [0.05, 0.1) is 58.5 Å². The Bertz CT molecular complexity index is 1920. The average molecular weight is 803 g/mol. The van der Waals surface area contributed by atoms with E-state index in [1.807, 2.05) is 12.1 Å². The Balaban J connectivity index is 0.986. The number of allylic oxidation sites excluding steroid dienone is 1. The molecule has 2 N–H and O–H groups in total. The molecule has 15 heteroatoms. The lowest BCUT2D eigenvalue weighted by Gasteiger charge is -2.36. The highest BCUT2D eigenvalue weighted by Crippen LogP contribution is 2.24. The molecule has 0 spiro atoms. The van der Waals surface area contributed by atoms with E-state index in [0.29, 0.717) is 87.6 Å². The van der Waals surface area contributed by atoms with E-state index in [2.05, 4.69) is 50.7 Å². The second kappa shape index (κ2) is 23.2. The van der Waals surface area contributed by atoms with Gasteiger partial charge in [-0.3, -0.25) is 14.5 Å². The lowest BCUT2D eigenvalue weighted by molar-refractivity contribution is -0.120. The molecular weight excluding hydrogens is 741 g/mol. The number of rotatable bonds is 27. The number of ketones is 1. The fraction of sp³-hybridized carbons (Fsp3) is 0.558. The number of nitrogens with one attached hydrogen (secondary N) is 1. The van der Waals surface area contributed by atoms with Crippen LogP contribution in [0.3, 0.4) is 0 Å². The van der Waals surface area contributed by atoms with E-state index in [-0.39, 0.29) is 17.9 Å². The first-order valence-electron chi connectivity index (χ1n) is 20.6. The highest BCUT2D eigenvalue weighted by Gasteiger charge is 2.22. The van der Waals surface area contributed by atoms with E-state index in [4.69, 9.17) is 23.9 Å². The molecule has 1 aliphatic rings. The Morgan fingerprint density at radius 1 is 0.862 bits per heavy atom. The molecule has 0 radical (unpaired) electrons. The van der Waals surface area contributed by atoms with Crippen LogP contribution < -0.4 is 15.8 Å². The van der Waals surface area contributed by atoms with Gasteiger partial charge in [0.1, 0.15) is 16.8 Å². The molecule has 15 nitrogen and oxygen atoms in total. The van der Waals surface area contributed by atoms with E-state index < -0.39 is 5.60 Å². The van der Waals surface area contributed by atoms with Crippen molar-refractivity contribution in [3.8, 4) is 5.82 Å². The number of Topliss-reactive ketones (excluding diaryl/α,β-unsaturated/α-hetero) is 1. The molecule has 0 aliphatic carbocycles. The summed E-state index contributed by atoms with van der Waals surface area (Å²) in [5, 5.41) is 14.2. The Labute approximate surface area is 342 Å². The van der Waals surface area contributed by atoms with Crippen LogP contribution in [0, 0.1) is 0 Å². The van der Waals surface area contributed by atoms with Gasteiger partial charge < -0.3 is 34.3 Å². The molecule has 0 atom stereocenters. The van der Waals surface area contributed by atoms with Crippen molar-refractivity contribution in [2.45, 2.75) is 71.4 Å². The number of piperazine rings is 1. The highest BCUT2D eigenvalue weighted by molar-refractivity contribution is 5.78. The second-order valence-corrected chi connectivity index (χ2v) is 14.9. The van der Waals surface area contributed by atoms with Gasteiger partial charge in [0.2, 0.25) is 5.95 Å². The molecule has 3 aromatic heterocycles. The number of unbranched alkanes of at least 4 members (excludes halogenated alkanes) is 2. The first-order chi connectivity index (χ1) is 28.2. The van der Waals surface area contributed by atoms with Crippen molar-refractivity contribution in [2.24, 2.45) is 0 Å². The SMILES string of the molecule is C=CCn1c(=O)c2cnc(Nc3ccc(N4CCN(CCCCC(=O)CCOCCOCCOCCOCCCC)CC4)cc3)nc2n1-c1cccc(C(C)(C)O)n1. The lowest BCUT2D eigenvalue weighted by atomic mass is 10.1. The lowest BCUT2D eigenvalue weighted by Crippen LogP contribution is -2.46. The van der Waals surface area contributed by atoms with Crippen LogP contribution in [0.25, 0.3) is 16.9 Å². The predicted molar refractivity (Wildman–Crippen MR) is 226 cm³/mol. The number of ether oxygens (including phenoxy) is 4. The number of carbonyl (C=O) groups excluding carboxylic acids is 1. The van der Waals surface area contributed by atoms with E-state index >= 15 is 0 Å². The molecule has 1 saturated heterocycles. The molecule has 0 unspecified atom stereocenters. The zero-order chi connectivity index (χ0) is 41.2. The summed E-state index contributed by atoms with van der Waals surface area (Å²) < 4.78 is 25.2. The van der Waals surface area contributed by atoms with Crippen molar-refractivity contribution in [1.82, 2.24) is 29.2 Å². The first-order valence-corrected chi connectivity index (χ1v) is 20.6. The molecule has 316 valence electrons. The maximum Gasteiger partial charge on any atom is 0.278 e. The number of benzene rings is 1. The van der Waals surface area contributed by atoms with Crippen molar-refractivity contribution < 1.29 is 28.8 Å². The van der Waals surface area contributed by atoms with Crippen LogP contribution >= 0.6 is 0 Å². The van der Waals surface area contributed by atoms with Gasteiger partial charge in [-0.05, 0) is 76.1 Å². The van der Waals surface area contributed by atoms with Crippen LogP contribution in [-0.4, -0.2) is 126 Å². The van der Waals surface area contributed by atoms with Gasteiger partial charge in [-0.2, -0.15) is 4.98 Å². The number of aromatic nitrogens is 5. The summed E-state index contributed by atoms with van der Waals surface area (Å²) in [5.74, 6) is 1.04. The van der Waals surface area contributed by atoms with Crippen molar-refractivity contribution in [2.75, 3.05) is 95.8 Å². The summed E-state index contributed by atoms with van der Waals surface area (Å²) in [7, 11) is 0. The standard InChI is InChI=1S/C43H62N8O7/c1-5-7-25-55-27-29-57-31-32-58-30-28-56-26-18-36(52)11-8-9-20-48-21-23-49(24-22-48)35-16-14-34(15-17-35)45-42-44-33-37-40(47-42)51(50(19-6-2)41(37)53)39-13-10-12-38(46-39)43(3,4)54/h6,10,12-17,33,54H,2,5,7-9,11,18-32H2,1,3-4H3,(H,44,45,47). The smallest absolute Gasteiger partial charge is 0.278 e. The van der Waals surface area contributed by atoms with Crippen LogP contribution in [-0.2, 0) is 35.9 Å². The number of hydrogen-bond donors (Lipinski definition) is 2. The molecule has 4 heterocycles. The molecule has 1 aliphatic heterocycles. The summed E-state index contributed by atoms with van der Waals surface area (Å²) in [6.45, 7) is 18.8. The maximum atomic E-state index is 13.4. The number of fused-ring (bicyclic) bond motifs is 1. The van der Waals surface area contributed by atoms with Gasteiger partial charge in [0, 0.05) is 63.2 Å². The summed E-state index contributed by atoms with van der Waals surface area (Å²) >= 11 is 0. The van der Waals surface area contributed by atoms with Crippen LogP contribution in [0.15, 0.2) is 66.1 Å². The topological polar surface area (TPSA) is 158 Å². The minimum Gasteiger partial charge on any atom is -0.384 e. The van der Waals surface area contributed by atoms with Gasteiger partial charge in [0.25, 0.3) is 5.56 Å². The zero-order valence-corrected chi connectivity index (χ0v) is 34.6. The third-order valence-corrected chi connectivity index (χ3v) is 9.88. The summed E-state index contributed by atoms with van der Waals surface area (Å²) in [5.41, 5.74) is 1.39. The Hall–Kier alpha value is -4.51. The molecule has 1 fully saturated rings. The number of hydrogen-bond acceptors (Lipinski definition) is 13. The minimum absolute atomic E-state index is 0.242. The monoisotopic (exact) mass is 802 g/mol. The van der Waals surface area contributed by atoms with Gasteiger partial charge in [-0.15, -0.1) is 6.58 Å². The van der Waals surface area contributed by atoms with Crippen LogP contribution in [0.4, 0.5) is 17.3 Å². The summed E-state index contributed by atoms with van der Waals surface area (Å²) in [6.07, 6.45) is 8.31. The number of nitrogens with zero attached hydrogens (tertiary/aromatic N) is 7. The number of anilines is 3. The number of carbonyl (C=O) groups is 1. The second-order valence-electron chi connectivity index (χ2n) is 14.9. The third-order valence-electron chi connectivity index (χ3n) is 9.88. The van der Waals surface area contributed by atoms with E-state index in [1.54, 1.807) is 42.8 Å². The Kier molecular flexibility index (Phi) is 17.8. The van der Waals surface area contributed by atoms with E-state index in [0.717, 1.165) is 76.4 Å². The van der Waals surface area contributed by atoms with Gasteiger partial charge in [0.15, 0.2) is 11.5 Å². The zero-order valence-electron chi connectivity index (χ0n) is 34.6. The molecule has 0 bridgehead atoms. The van der Waals surface area contributed by atoms with Crippen molar-refractivity contribution >= 4 is 34.1 Å². The third kappa shape index (κ3) is 13.5. The Morgan fingerprint density at radius 3 is 2.19 bits per heavy atom. The van der Waals surface area contributed by atoms with Crippen molar-refractivity contribution in [1.29, 1.82) is 0 Å². The molecular formula is C43H62N8O7. The summed E-state index contributed by atoms with van der Waals surface area (Å²) in [4.78, 5) is 44.4. The van der Waals surface area contributed by atoms with E-state index in [1.165, 1.54) is 10.9 Å². The van der Waals surface area contributed by atoms with Gasteiger partial charge >= 0.3 is 0 Å². The highest BCUT2D eigenvalue weighted by atomic mass is 16.6. The van der Waals surface area contributed by atoms with Crippen LogP contribution in [0.2, 0.25) is 0 Å². The molecule has 0 amide bonds. The fourth-order valence-electron chi connectivity index (χ4n) is 6.58. The minimum atomic E-state index is -1.16.